The Morgan fingerprint density at radius 2 is 2.10 bits per heavy atom. The zero-order valence-electron chi connectivity index (χ0n) is 11.9. The number of aryl methyl sites for hydroxylation is 1. The second-order valence-corrected chi connectivity index (χ2v) is 6.35. The number of halogens is 1. The molecule has 0 radical (unpaired) electrons. The van der Waals surface area contributed by atoms with Crippen LogP contribution in [0.5, 0.6) is 0 Å². The van der Waals surface area contributed by atoms with E-state index >= 15 is 0 Å². The van der Waals surface area contributed by atoms with E-state index in [0.717, 1.165) is 15.6 Å². The number of carbonyl (C=O) groups excluding carboxylic acids is 2. The van der Waals surface area contributed by atoms with Crippen LogP contribution >= 0.6 is 27.3 Å². The van der Waals surface area contributed by atoms with E-state index in [0.29, 0.717) is 9.88 Å². The van der Waals surface area contributed by atoms with Gasteiger partial charge in [0.1, 0.15) is 9.88 Å². The number of benzene rings is 1. The van der Waals surface area contributed by atoms with Gasteiger partial charge in [-0.05, 0) is 31.5 Å². The van der Waals surface area contributed by atoms with Gasteiger partial charge in [-0.25, -0.2) is 9.78 Å². The van der Waals surface area contributed by atoms with Gasteiger partial charge in [0.2, 0.25) is 0 Å². The van der Waals surface area contributed by atoms with Gasteiger partial charge < -0.3 is 4.74 Å². The molecular formula is C15H14BrNO3S. The molecule has 0 aliphatic rings. The maximum Gasteiger partial charge on any atom is 0.358 e. The maximum atomic E-state index is 11.9. The normalized spacial score (nSPS) is 10.5. The Morgan fingerprint density at radius 1 is 1.38 bits per heavy atom. The van der Waals surface area contributed by atoms with Gasteiger partial charge in [0.25, 0.3) is 0 Å². The number of ether oxygens (including phenoxy) is 1. The Kier molecular flexibility index (Phi) is 4.90. The van der Waals surface area contributed by atoms with Crippen molar-refractivity contribution < 1.29 is 14.3 Å². The molecule has 0 aliphatic heterocycles. The van der Waals surface area contributed by atoms with Crippen LogP contribution in [0, 0.1) is 6.92 Å². The maximum absolute atomic E-state index is 11.9. The third-order valence-corrected chi connectivity index (χ3v) is 4.52. The summed E-state index contributed by atoms with van der Waals surface area (Å²) in [6, 6.07) is 5.78. The van der Waals surface area contributed by atoms with Crippen molar-refractivity contribution >= 4 is 39.0 Å². The number of hydrogen-bond donors (Lipinski definition) is 0. The second kappa shape index (κ2) is 6.49. The van der Waals surface area contributed by atoms with Gasteiger partial charge in [0, 0.05) is 17.0 Å². The standard InChI is InChI=1S/C15H14BrNO3S/c1-4-20-15(19)12-13(9(3)18)21-14(17-12)11-6-5-10(16)7-8(11)2/h5-7H,4H2,1-3H3. The van der Waals surface area contributed by atoms with Crippen molar-refractivity contribution in [3.63, 3.8) is 0 Å². The molecule has 1 aromatic heterocycles. The number of ketones is 1. The number of esters is 1. The van der Waals surface area contributed by atoms with E-state index in [1.807, 2.05) is 25.1 Å². The molecule has 0 N–H and O–H groups in total. The molecule has 0 saturated carbocycles. The van der Waals surface area contributed by atoms with Gasteiger partial charge in [0.15, 0.2) is 11.5 Å². The molecule has 21 heavy (non-hydrogen) atoms. The number of aromatic nitrogens is 1. The summed E-state index contributed by atoms with van der Waals surface area (Å²) in [6.45, 7) is 5.35. The SMILES string of the molecule is CCOC(=O)c1nc(-c2ccc(Br)cc2C)sc1C(C)=O. The fourth-order valence-electron chi connectivity index (χ4n) is 1.88. The lowest BCUT2D eigenvalue weighted by atomic mass is 10.1. The smallest absolute Gasteiger partial charge is 0.358 e. The van der Waals surface area contributed by atoms with Crippen molar-refractivity contribution in [2.45, 2.75) is 20.8 Å². The fourth-order valence-corrected chi connectivity index (χ4v) is 3.39. The topological polar surface area (TPSA) is 56.3 Å². The average Bonchev–Trinajstić information content (AvgIpc) is 2.84. The molecule has 0 aliphatic carbocycles. The van der Waals surface area contributed by atoms with Crippen LogP contribution in [0.1, 0.15) is 39.6 Å². The monoisotopic (exact) mass is 367 g/mol. The Balaban J connectivity index is 2.53. The molecule has 0 spiro atoms. The number of Topliss-reactive ketones (excluding diaryl/α,β-unsaturated/α-hetero) is 1. The quantitative estimate of drug-likeness (QED) is 0.598. The molecule has 1 heterocycles. The summed E-state index contributed by atoms with van der Waals surface area (Å²) >= 11 is 4.63. The molecule has 0 bridgehead atoms. The lowest BCUT2D eigenvalue weighted by molar-refractivity contribution is 0.0517. The molecule has 0 unspecified atom stereocenters. The van der Waals surface area contributed by atoms with Crippen molar-refractivity contribution in [1.29, 1.82) is 0 Å². The summed E-state index contributed by atoms with van der Waals surface area (Å²) in [6.07, 6.45) is 0. The van der Waals surface area contributed by atoms with E-state index in [1.54, 1.807) is 6.92 Å². The predicted molar refractivity (Wildman–Crippen MR) is 85.9 cm³/mol. The molecule has 2 aromatic rings. The average molecular weight is 368 g/mol. The molecule has 0 fully saturated rings. The van der Waals surface area contributed by atoms with Crippen LogP contribution < -0.4 is 0 Å². The molecule has 110 valence electrons. The van der Waals surface area contributed by atoms with Crippen molar-refractivity contribution in [3.05, 3.63) is 38.8 Å². The molecule has 0 saturated heterocycles. The van der Waals surface area contributed by atoms with Crippen LogP contribution in [-0.2, 0) is 4.74 Å². The molecule has 1 aromatic carbocycles. The highest BCUT2D eigenvalue weighted by Gasteiger charge is 2.23. The van der Waals surface area contributed by atoms with E-state index in [9.17, 15) is 9.59 Å². The molecule has 0 amide bonds. The zero-order chi connectivity index (χ0) is 15.6. The summed E-state index contributed by atoms with van der Waals surface area (Å²) < 4.78 is 5.93. The van der Waals surface area contributed by atoms with Crippen molar-refractivity contribution in [2.24, 2.45) is 0 Å². The third-order valence-electron chi connectivity index (χ3n) is 2.83. The first kappa shape index (κ1) is 15.9. The number of rotatable bonds is 4. The second-order valence-electron chi connectivity index (χ2n) is 4.43. The van der Waals surface area contributed by atoms with Crippen LogP contribution in [0.4, 0.5) is 0 Å². The van der Waals surface area contributed by atoms with E-state index < -0.39 is 5.97 Å². The first-order valence-corrected chi connectivity index (χ1v) is 8.00. The number of nitrogens with zero attached hydrogens (tertiary/aromatic N) is 1. The minimum atomic E-state index is -0.556. The summed E-state index contributed by atoms with van der Waals surface area (Å²) in [7, 11) is 0. The predicted octanol–water partition coefficient (Wildman–Crippen LogP) is 4.26. The summed E-state index contributed by atoms with van der Waals surface area (Å²) in [5.74, 6) is -0.739. The minimum absolute atomic E-state index is 0.103. The fraction of sp³-hybridized carbons (Fsp3) is 0.267. The van der Waals surface area contributed by atoms with E-state index in [2.05, 4.69) is 20.9 Å². The highest BCUT2D eigenvalue weighted by Crippen LogP contribution is 2.32. The lowest BCUT2D eigenvalue weighted by Crippen LogP contribution is -2.09. The zero-order valence-corrected chi connectivity index (χ0v) is 14.3. The van der Waals surface area contributed by atoms with E-state index in [-0.39, 0.29) is 18.1 Å². The van der Waals surface area contributed by atoms with Gasteiger partial charge in [-0.2, -0.15) is 0 Å². The third kappa shape index (κ3) is 3.39. The van der Waals surface area contributed by atoms with Gasteiger partial charge in [-0.15, -0.1) is 11.3 Å². The Bertz CT molecular complexity index is 709. The van der Waals surface area contributed by atoms with Gasteiger partial charge in [0.05, 0.1) is 6.61 Å². The molecule has 4 nitrogen and oxygen atoms in total. The van der Waals surface area contributed by atoms with Crippen LogP contribution in [0.15, 0.2) is 22.7 Å². The molecule has 6 heteroatoms. The first-order chi connectivity index (χ1) is 9.93. The van der Waals surface area contributed by atoms with Crippen LogP contribution in [0.3, 0.4) is 0 Å². The van der Waals surface area contributed by atoms with Gasteiger partial charge in [-0.1, -0.05) is 22.0 Å². The number of hydrogen-bond acceptors (Lipinski definition) is 5. The van der Waals surface area contributed by atoms with Crippen LogP contribution in [0.25, 0.3) is 10.6 Å². The van der Waals surface area contributed by atoms with Crippen molar-refractivity contribution in [2.75, 3.05) is 6.61 Å². The molecule has 2 rings (SSSR count). The number of carbonyl (C=O) groups is 2. The van der Waals surface area contributed by atoms with E-state index in [1.165, 1.54) is 18.3 Å². The van der Waals surface area contributed by atoms with Crippen LogP contribution in [-0.4, -0.2) is 23.3 Å². The molecule has 0 atom stereocenters. The van der Waals surface area contributed by atoms with E-state index in [4.69, 9.17) is 4.74 Å². The van der Waals surface area contributed by atoms with Gasteiger partial charge >= 0.3 is 5.97 Å². The first-order valence-electron chi connectivity index (χ1n) is 6.39. The highest BCUT2D eigenvalue weighted by molar-refractivity contribution is 9.10. The van der Waals surface area contributed by atoms with Crippen LogP contribution in [0.2, 0.25) is 0 Å². The highest BCUT2D eigenvalue weighted by atomic mass is 79.9. The van der Waals surface area contributed by atoms with Crippen molar-refractivity contribution in [1.82, 2.24) is 4.98 Å². The Morgan fingerprint density at radius 3 is 2.67 bits per heavy atom. The number of thiazole rings is 1. The summed E-state index contributed by atoms with van der Waals surface area (Å²) in [4.78, 5) is 28.3. The largest absolute Gasteiger partial charge is 0.461 e. The Labute approximate surface area is 135 Å². The van der Waals surface area contributed by atoms with Gasteiger partial charge in [-0.3, -0.25) is 4.79 Å². The summed E-state index contributed by atoms with van der Waals surface area (Å²) in [5, 5.41) is 0.647. The minimum Gasteiger partial charge on any atom is -0.461 e. The lowest BCUT2D eigenvalue weighted by Gasteiger charge is -2.02. The Hall–Kier alpha value is -1.53. The molecular weight excluding hydrogens is 354 g/mol. The van der Waals surface area contributed by atoms with Crippen molar-refractivity contribution in [3.8, 4) is 10.6 Å². The summed E-state index contributed by atoms with van der Waals surface area (Å²) in [5.41, 5.74) is 2.02.